The Morgan fingerprint density at radius 1 is 1.17 bits per heavy atom. The fourth-order valence-electron chi connectivity index (χ4n) is 4.06. The molecule has 3 N–H and O–H groups in total. The molecular formula is C22H19ClN2O5. The van der Waals surface area contributed by atoms with Crippen LogP contribution in [-0.4, -0.2) is 33.2 Å². The minimum Gasteiger partial charge on any atom is -0.506 e. The van der Waals surface area contributed by atoms with Crippen molar-refractivity contribution < 1.29 is 19.8 Å². The Balaban J connectivity index is 1.87. The van der Waals surface area contributed by atoms with E-state index in [9.17, 15) is 19.5 Å². The van der Waals surface area contributed by atoms with Crippen molar-refractivity contribution in [2.75, 3.05) is 6.54 Å². The molecule has 8 heteroatoms. The third-order valence-electron chi connectivity index (χ3n) is 5.41. The van der Waals surface area contributed by atoms with Crippen molar-refractivity contribution in [2.45, 2.75) is 25.3 Å². The summed E-state index contributed by atoms with van der Waals surface area (Å²) in [7, 11) is 0. The van der Waals surface area contributed by atoms with E-state index in [-0.39, 0.29) is 6.04 Å². The van der Waals surface area contributed by atoms with Gasteiger partial charge in [0.2, 0.25) is 0 Å². The van der Waals surface area contributed by atoms with Crippen molar-refractivity contribution in [1.82, 2.24) is 9.88 Å². The highest BCUT2D eigenvalue weighted by molar-refractivity contribution is 6.30. The van der Waals surface area contributed by atoms with Crippen LogP contribution in [0.3, 0.4) is 0 Å². The van der Waals surface area contributed by atoms with Gasteiger partial charge in [-0.15, -0.1) is 0 Å². The molecule has 3 aromatic rings. The smallest absolute Gasteiger partial charge is 0.322 e. The predicted octanol–water partition coefficient (Wildman–Crippen LogP) is 2.90. The molecule has 0 aliphatic carbocycles. The number of para-hydroxylation sites is 1. The molecule has 0 spiro atoms. The number of carbonyl (C=O) groups excluding carboxylic acids is 1. The summed E-state index contributed by atoms with van der Waals surface area (Å²) in [6.07, 6.45) is 1.98. The maximum atomic E-state index is 13.3. The summed E-state index contributed by atoms with van der Waals surface area (Å²) in [5, 5.41) is 22.7. The van der Waals surface area contributed by atoms with Gasteiger partial charge in [0.25, 0.3) is 11.5 Å². The third kappa shape index (κ3) is 3.52. The highest BCUT2D eigenvalue weighted by Crippen LogP contribution is 2.36. The minimum absolute atomic E-state index is 0.220. The molecule has 4 rings (SSSR count). The van der Waals surface area contributed by atoms with Crippen LogP contribution in [0.4, 0.5) is 0 Å². The number of pyridine rings is 1. The van der Waals surface area contributed by atoms with Crippen LogP contribution in [0.15, 0.2) is 47.3 Å². The van der Waals surface area contributed by atoms with E-state index in [1.807, 2.05) is 18.2 Å². The summed E-state index contributed by atoms with van der Waals surface area (Å²) in [6, 6.07) is 12.5. The van der Waals surface area contributed by atoms with E-state index in [0.29, 0.717) is 28.8 Å². The molecule has 0 bridgehead atoms. The molecule has 0 fully saturated rings. The minimum atomic E-state index is -1.24. The Morgan fingerprint density at radius 3 is 2.60 bits per heavy atom. The number of rotatable bonds is 5. The van der Waals surface area contributed by atoms with Crippen molar-refractivity contribution in [2.24, 2.45) is 0 Å². The fraction of sp³-hybridized carbons (Fsp3) is 0.227. The van der Waals surface area contributed by atoms with Crippen LogP contribution in [0.5, 0.6) is 5.75 Å². The van der Waals surface area contributed by atoms with Gasteiger partial charge < -0.3 is 20.1 Å². The van der Waals surface area contributed by atoms with E-state index in [1.54, 1.807) is 28.8 Å². The number of nitrogens with one attached hydrogen (secondary N) is 1. The first-order chi connectivity index (χ1) is 14.4. The quantitative estimate of drug-likeness (QED) is 0.581. The van der Waals surface area contributed by atoms with Gasteiger partial charge in [-0.05, 0) is 48.6 Å². The highest BCUT2D eigenvalue weighted by atomic mass is 35.5. The van der Waals surface area contributed by atoms with Gasteiger partial charge in [0.05, 0.1) is 5.52 Å². The number of hydrogen-bond donors (Lipinski definition) is 3. The molecule has 2 aromatic carbocycles. The zero-order valence-electron chi connectivity index (χ0n) is 15.9. The predicted molar refractivity (Wildman–Crippen MR) is 112 cm³/mol. The second-order valence-electron chi connectivity index (χ2n) is 7.31. The second-order valence-corrected chi connectivity index (χ2v) is 7.75. The van der Waals surface area contributed by atoms with Crippen LogP contribution in [-0.2, 0) is 17.6 Å². The average Bonchev–Trinajstić information content (AvgIpc) is 2.72. The maximum absolute atomic E-state index is 13.3. The largest absolute Gasteiger partial charge is 0.506 e. The van der Waals surface area contributed by atoms with Crippen LogP contribution in [0.2, 0.25) is 5.02 Å². The molecule has 0 radical (unpaired) electrons. The number of aliphatic carboxylic acids is 1. The number of aromatic nitrogens is 1. The second kappa shape index (κ2) is 7.84. The molecule has 2 heterocycles. The van der Waals surface area contributed by atoms with Crippen LogP contribution in [0.1, 0.15) is 33.9 Å². The number of nitrogens with zero attached hydrogens (tertiary/aromatic N) is 1. The van der Waals surface area contributed by atoms with Crippen LogP contribution in [0.25, 0.3) is 10.9 Å². The van der Waals surface area contributed by atoms with Crippen molar-refractivity contribution in [1.29, 1.82) is 0 Å². The van der Waals surface area contributed by atoms with Gasteiger partial charge in [-0.1, -0.05) is 35.9 Å². The van der Waals surface area contributed by atoms with Gasteiger partial charge in [-0.3, -0.25) is 14.4 Å². The van der Waals surface area contributed by atoms with Crippen molar-refractivity contribution in [3.05, 3.63) is 74.5 Å². The van der Waals surface area contributed by atoms with Crippen molar-refractivity contribution in [3.8, 4) is 5.75 Å². The number of halogens is 1. The lowest BCUT2D eigenvalue weighted by Gasteiger charge is -2.29. The summed E-state index contributed by atoms with van der Waals surface area (Å²) < 4.78 is 1.57. The Hall–Kier alpha value is -3.32. The Morgan fingerprint density at radius 2 is 1.90 bits per heavy atom. The van der Waals surface area contributed by atoms with E-state index in [0.717, 1.165) is 17.5 Å². The Kier molecular flexibility index (Phi) is 5.22. The zero-order chi connectivity index (χ0) is 21.4. The fourth-order valence-corrected chi connectivity index (χ4v) is 4.19. The molecule has 154 valence electrons. The number of carboxylic acid groups (broad SMARTS) is 1. The van der Waals surface area contributed by atoms with Crippen molar-refractivity contribution >= 4 is 34.4 Å². The molecule has 1 amide bonds. The Labute approximate surface area is 176 Å². The summed E-state index contributed by atoms with van der Waals surface area (Å²) in [5.41, 5.74) is 1.46. The van der Waals surface area contributed by atoms with E-state index >= 15 is 0 Å². The van der Waals surface area contributed by atoms with E-state index in [4.69, 9.17) is 16.7 Å². The molecule has 7 nitrogen and oxygen atoms in total. The summed E-state index contributed by atoms with van der Waals surface area (Å²) in [5.74, 6) is -2.58. The third-order valence-corrected chi connectivity index (χ3v) is 5.66. The number of hydrogen-bond acceptors (Lipinski definition) is 4. The number of aryl methyl sites for hydroxylation is 1. The molecule has 1 atom stereocenters. The standard InChI is InChI=1S/C22H19ClN2O5/c23-14-7-4-12(5-8-14)10-15-9-6-13-2-1-3-16-19(13)25(15)22(30)18(20(16)28)21(29)24-11-17(26)27/h1-5,7-8,15,28H,6,9-11H2,(H,24,29)(H,26,27). The van der Waals surface area contributed by atoms with Crippen LogP contribution in [0, 0.1) is 0 Å². The number of carbonyl (C=O) groups is 2. The molecule has 1 aliphatic rings. The average molecular weight is 427 g/mol. The number of amides is 1. The van der Waals surface area contributed by atoms with Gasteiger partial charge in [-0.2, -0.15) is 0 Å². The molecule has 1 aromatic heterocycles. The summed E-state index contributed by atoms with van der Waals surface area (Å²) in [6.45, 7) is -0.649. The van der Waals surface area contributed by atoms with Gasteiger partial charge in [-0.25, -0.2) is 0 Å². The summed E-state index contributed by atoms with van der Waals surface area (Å²) in [4.78, 5) is 36.7. The lowest BCUT2D eigenvalue weighted by Crippen LogP contribution is -2.38. The molecular weight excluding hydrogens is 408 g/mol. The van der Waals surface area contributed by atoms with E-state index in [2.05, 4.69) is 5.32 Å². The number of aromatic hydroxyl groups is 1. The van der Waals surface area contributed by atoms with Gasteiger partial charge in [0.1, 0.15) is 17.9 Å². The normalized spacial score (nSPS) is 15.2. The van der Waals surface area contributed by atoms with Gasteiger partial charge in [0.15, 0.2) is 0 Å². The lowest BCUT2D eigenvalue weighted by atomic mass is 9.91. The molecule has 0 saturated carbocycles. The molecule has 1 aliphatic heterocycles. The first kappa shape index (κ1) is 20.0. The monoisotopic (exact) mass is 426 g/mol. The molecule has 30 heavy (non-hydrogen) atoms. The Bertz CT molecular complexity index is 1220. The first-order valence-corrected chi connectivity index (χ1v) is 9.88. The zero-order valence-corrected chi connectivity index (χ0v) is 16.6. The van der Waals surface area contributed by atoms with E-state index < -0.39 is 35.3 Å². The van der Waals surface area contributed by atoms with Crippen molar-refractivity contribution in [3.63, 3.8) is 0 Å². The number of carboxylic acids is 1. The SMILES string of the molecule is O=C(O)CNC(=O)c1c(O)c2cccc3c2n(c1=O)C(Cc1ccc(Cl)cc1)CC3. The highest BCUT2D eigenvalue weighted by Gasteiger charge is 2.29. The van der Waals surface area contributed by atoms with Gasteiger partial charge >= 0.3 is 5.97 Å². The lowest BCUT2D eigenvalue weighted by molar-refractivity contribution is -0.135. The maximum Gasteiger partial charge on any atom is 0.322 e. The van der Waals surface area contributed by atoms with Crippen LogP contribution >= 0.6 is 11.6 Å². The number of benzene rings is 2. The molecule has 1 unspecified atom stereocenters. The van der Waals surface area contributed by atoms with Gasteiger partial charge in [0, 0.05) is 16.5 Å². The van der Waals surface area contributed by atoms with E-state index in [1.165, 1.54) is 0 Å². The topological polar surface area (TPSA) is 109 Å². The van der Waals surface area contributed by atoms with Crippen LogP contribution < -0.4 is 10.9 Å². The first-order valence-electron chi connectivity index (χ1n) is 9.50. The molecule has 0 saturated heterocycles. The summed E-state index contributed by atoms with van der Waals surface area (Å²) >= 11 is 5.97.